The van der Waals surface area contributed by atoms with Crippen molar-refractivity contribution < 1.29 is 19.1 Å². The zero-order valence-corrected chi connectivity index (χ0v) is 16.6. The zero-order valence-electron chi connectivity index (χ0n) is 16.6. The SMILES string of the molecule is CC12CCC(C3=C1OC(=O)C1=C(OC3=O)C3(C)CCC1C3(C)C)C2(C)C. The second kappa shape index (κ2) is 4.28. The molecule has 0 aromatic rings. The highest BCUT2D eigenvalue weighted by Crippen LogP contribution is 2.71. The lowest BCUT2D eigenvalue weighted by Gasteiger charge is -2.36. The summed E-state index contributed by atoms with van der Waals surface area (Å²) in [6.45, 7) is 13.0. The summed E-state index contributed by atoms with van der Waals surface area (Å²) in [6.07, 6.45) is 3.80. The maximum atomic E-state index is 13.2. The standard InChI is InChI=1S/C22H28O4/c1-19(2)11-7-9-21(19,5)15-13(11)17(23)26-16-14(18(24)25-15)12-8-10-22(16,6)20(12,3)4/h11-12H,7-10H2,1-6H3. The largest absolute Gasteiger partial charge is 0.426 e. The molecule has 5 aliphatic rings. The lowest BCUT2D eigenvalue weighted by molar-refractivity contribution is -0.142. The van der Waals surface area contributed by atoms with Gasteiger partial charge in [0.25, 0.3) is 0 Å². The van der Waals surface area contributed by atoms with Crippen molar-refractivity contribution in [2.75, 3.05) is 0 Å². The monoisotopic (exact) mass is 356 g/mol. The predicted molar refractivity (Wildman–Crippen MR) is 95.5 cm³/mol. The molecule has 4 bridgehead atoms. The third-order valence-electron chi connectivity index (χ3n) is 9.47. The molecule has 0 aromatic heterocycles. The second-order valence-electron chi connectivity index (χ2n) is 10.6. The van der Waals surface area contributed by atoms with Gasteiger partial charge in [-0.05, 0) is 36.5 Å². The van der Waals surface area contributed by atoms with Crippen molar-refractivity contribution in [1.29, 1.82) is 0 Å². The van der Waals surface area contributed by atoms with Crippen molar-refractivity contribution in [1.82, 2.24) is 0 Å². The minimum Gasteiger partial charge on any atom is -0.426 e. The molecule has 2 fully saturated rings. The number of rotatable bonds is 0. The number of esters is 2. The van der Waals surface area contributed by atoms with Crippen LogP contribution < -0.4 is 0 Å². The van der Waals surface area contributed by atoms with E-state index in [2.05, 4.69) is 41.5 Å². The number of carbonyl (C=O) groups excluding carboxylic acids is 2. The van der Waals surface area contributed by atoms with E-state index in [0.29, 0.717) is 22.7 Å². The molecule has 1 heterocycles. The summed E-state index contributed by atoms with van der Waals surface area (Å²) >= 11 is 0. The van der Waals surface area contributed by atoms with E-state index in [0.717, 1.165) is 25.7 Å². The number of hydrogen-bond acceptors (Lipinski definition) is 4. The molecule has 2 saturated carbocycles. The van der Waals surface area contributed by atoms with Gasteiger partial charge in [0, 0.05) is 22.7 Å². The molecule has 0 aromatic carbocycles. The Morgan fingerprint density at radius 1 is 0.692 bits per heavy atom. The van der Waals surface area contributed by atoms with Crippen LogP contribution >= 0.6 is 0 Å². The van der Waals surface area contributed by atoms with Gasteiger partial charge in [0.1, 0.15) is 11.5 Å². The molecule has 140 valence electrons. The number of carbonyl (C=O) groups is 2. The zero-order chi connectivity index (χ0) is 18.9. The van der Waals surface area contributed by atoms with Gasteiger partial charge in [-0.15, -0.1) is 0 Å². The third kappa shape index (κ3) is 1.44. The molecule has 4 heteroatoms. The van der Waals surface area contributed by atoms with Crippen LogP contribution in [0.2, 0.25) is 0 Å². The summed E-state index contributed by atoms with van der Waals surface area (Å²) in [4.78, 5) is 26.5. The first-order valence-corrected chi connectivity index (χ1v) is 9.90. The Hall–Kier alpha value is -1.58. The van der Waals surface area contributed by atoms with Gasteiger partial charge in [0.05, 0.1) is 11.1 Å². The van der Waals surface area contributed by atoms with Crippen molar-refractivity contribution >= 4 is 11.9 Å². The Bertz CT molecular complexity index is 772. The molecule has 0 N–H and O–H groups in total. The topological polar surface area (TPSA) is 52.6 Å². The molecule has 0 spiro atoms. The molecule has 4 nitrogen and oxygen atoms in total. The molecule has 4 unspecified atom stereocenters. The first kappa shape index (κ1) is 16.6. The molecule has 4 atom stereocenters. The van der Waals surface area contributed by atoms with Crippen LogP contribution in [0.3, 0.4) is 0 Å². The molecule has 0 amide bonds. The summed E-state index contributed by atoms with van der Waals surface area (Å²) in [5.41, 5.74) is 0.468. The van der Waals surface area contributed by atoms with Gasteiger partial charge < -0.3 is 9.47 Å². The van der Waals surface area contributed by atoms with E-state index >= 15 is 0 Å². The lowest BCUT2D eigenvalue weighted by Crippen LogP contribution is -2.32. The highest BCUT2D eigenvalue weighted by molar-refractivity contribution is 5.98. The smallest absolute Gasteiger partial charge is 0.342 e. The van der Waals surface area contributed by atoms with Gasteiger partial charge in [-0.25, -0.2) is 9.59 Å². The molecule has 1 aliphatic heterocycles. The van der Waals surface area contributed by atoms with E-state index in [9.17, 15) is 9.59 Å². The van der Waals surface area contributed by atoms with Crippen LogP contribution in [0.4, 0.5) is 0 Å². The average Bonchev–Trinajstić information content (AvgIpc) is 3.03. The van der Waals surface area contributed by atoms with Crippen molar-refractivity contribution in [2.45, 2.75) is 67.2 Å². The normalized spacial score (nSPS) is 44.5. The number of allylic oxidation sites excluding steroid dienone is 2. The van der Waals surface area contributed by atoms with Crippen LogP contribution in [0.15, 0.2) is 22.7 Å². The fourth-order valence-electron chi connectivity index (χ4n) is 6.84. The summed E-state index contributed by atoms with van der Waals surface area (Å²) in [5.74, 6) is 0.808. The highest BCUT2D eigenvalue weighted by atomic mass is 16.6. The Labute approximate surface area is 155 Å². The van der Waals surface area contributed by atoms with E-state index in [1.807, 2.05) is 0 Å². The van der Waals surface area contributed by atoms with Crippen molar-refractivity contribution in [3.63, 3.8) is 0 Å². The molecule has 5 rings (SSSR count). The minimum absolute atomic E-state index is 0.101. The fourth-order valence-corrected chi connectivity index (χ4v) is 6.84. The van der Waals surface area contributed by atoms with Gasteiger partial charge >= 0.3 is 11.9 Å². The Morgan fingerprint density at radius 2 is 1.04 bits per heavy atom. The molecular formula is C22H28O4. The van der Waals surface area contributed by atoms with Crippen LogP contribution in [0, 0.1) is 33.5 Å². The third-order valence-corrected chi connectivity index (χ3v) is 9.47. The van der Waals surface area contributed by atoms with Gasteiger partial charge in [-0.2, -0.15) is 0 Å². The van der Waals surface area contributed by atoms with E-state index in [-0.39, 0.29) is 45.4 Å². The fraction of sp³-hybridized carbons (Fsp3) is 0.727. The molecule has 4 aliphatic carbocycles. The molecule has 0 radical (unpaired) electrons. The van der Waals surface area contributed by atoms with Crippen LogP contribution in [-0.2, 0) is 19.1 Å². The van der Waals surface area contributed by atoms with Crippen LogP contribution in [0.1, 0.15) is 67.2 Å². The summed E-state index contributed by atoms with van der Waals surface area (Å²) in [7, 11) is 0. The second-order valence-corrected chi connectivity index (χ2v) is 10.6. The Morgan fingerprint density at radius 3 is 1.38 bits per heavy atom. The van der Waals surface area contributed by atoms with Gasteiger partial charge in [0.15, 0.2) is 0 Å². The average molecular weight is 356 g/mol. The van der Waals surface area contributed by atoms with E-state index in [4.69, 9.17) is 9.47 Å². The van der Waals surface area contributed by atoms with Crippen LogP contribution in [0.5, 0.6) is 0 Å². The van der Waals surface area contributed by atoms with Crippen LogP contribution in [0.25, 0.3) is 0 Å². The van der Waals surface area contributed by atoms with Crippen LogP contribution in [-0.4, -0.2) is 11.9 Å². The minimum atomic E-state index is -0.286. The first-order chi connectivity index (χ1) is 12.0. The van der Waals surface area contributed by atoms with Gasteiger partial charge in [-0.3, -0.25) is 0 Å². The predicted octanol–water partition coefficient (Wildman–Crippen LogP) is 4.51. The van der Waals surface area contributed by atoms with Gasteiger partial charge in [-0.1, -0.05) is 41.5 Å². The maximum Gasteiger partial charge on any atom is 0.342 e. The highest BCUT2D eigenvalue weighted by Gasteiger charge is 2.68. The summed E-state index contributed by atoms with van der Waals surface area (Å²) < 4.78 is 12.1. The maximum absolute atomic E-state index is 13.2. The van der Waals surface area contributed by atoms with Gasteiger partial charge in [0.2, 0.25) is 0 Å². The van der Waals surface area contributed by atoms with E-state index in [1.165, 1.54) is 0 Å². The number of fused-ring (bicyclic) bond motifs is 8. The lowest BCUT2D eigenvalue weighted by atomic mass is 9.69. The van der Waals surface area contributed by atoms with E-state index in [1.54, 1.807) is 0 Å². The number of hydrogen-bond donors (Lipinski definition) is 0. The molecular weight excluding hydrogens is 328 g/mol. The summed E-state index contributed by atoms with van der Waals surface area (Å²) in [5, 5.41) is 0. The van der Waals surface area contributed by atoms with Crippen molar-refractivity contribution in [2.24, 2.45) is 33.5 Å². The number of ether oxygens (including phenoxy) is 2. The quantitative estimate of drug-likeness (QED) is 0.599. The summed E-state index contributed by atoms with van der Waals surface area (Å²) in [6, 6.07) is 0. The first-order valence-electron chi connectivity index (χ1n) is 9.90. The molecule has 26 heavy (non-hydrogen) atoms. The van der Waals surface area contributed by atoms with Crippen molar-refractivity contribution in [3.05, 3.63) is 22.7 Å². The Kier molecular flexibility index (Phi) is 2.73. The van der Waals surface area contributed by atoms with Crippen molar-refractivity contribution in [3.8, 4) is 0 Å². The molecule has 0 saturated heterocycles. The van der Waals surface area contributed by atoms with E-state index < -0.39 is 0 Å². The Balaban J connectivity index is 1.66.